The SMILES string of the molecule is COC[C@H]1CCN(CCCN2CCN(C(=O)/C=C/c3ccc(F)c(Cl)c3)CCC2=O)C[C@H]1O. The molecule has 2 amide bonds. The predicted octanol–water partition coefficient (Wildman–Crippen LogP) is 2.27. The summed E-state index contributed by atoms with van der Waals surface area (Å²) in [4.78, 5) is 30.8. The largest absolute Gasteiger partial charge is 0.391 e. The average Bonchev–Trinajstić information content (AvgIpc) is 2.98. The molecule has 182 valence electrons. The van der Waals surface area contributed by atoms with E-state index in [0.717, 1.165) is 25.9 Å². The first-order chi connectivity index (χ1) is 15.9. The average molecular weight is 482 g/mol. The van der Waals surface area contributed by atoms with Crippen molar-refractivity contribution in [2.24, 2.45) is 5.92 Å². The van der Waals surface area contributed by atoms with Gasteiger partial charge >= 0.3 is 0 Å². The van der Waals surface area contributed by atoms with E-state index >= 15 is 0 Å². The van der Waals surface area contributed by atoms with Crippen LogP contribution in [0.5, 0.6) is 0 Å². The summed E-state index contributed by atoms with van der Waals surface area (Å²) in [6, 6.07) is 4.28. The van der Waals surface area contributed by atoms with Crippen LogP contribution in [0, 0.1) is 11.7 Å². The molecule has 0 unspecified atom stereocenters. The van der Waals surface area contributed by atoms with Crippen molar-refractivity contribution >= 4 is 29.5 Å². The third-order valence-electron chi connectivity index (χ3n) is 6.35. The lowest BCUT2D eigenvalue weighted by atomic mass is 9.94. The summed E-state index contributed by atoms with van der Waals surface area (Å²) < 4.78 is 18.4. The molecular formula is C24H33ClFN3O4. The van der Waals surface area contributed by atoms with Crippen LogP contribution < -0.4 is 0 Å². The highest BCUT2D eigenvalue weighted by Gasteiger charge is 2.28. The molecule has 2 aliphatic heterocycles. The van der Waals surface area contributed by atoms with Crippen LogP contribution in [-0.2, 0) is 14.3 Å². The highest BCUT2D eigenvalue weighted by atomic mass is 35.5. The maximum atomic E-state index is 13.3. The van der Waals surface area contributed by atoms with Crippen LogP contribution in [0.4, 0.5) is 4.39 Å². The van der Waals surface area contributed by atoms with Crippen molar-refractivity contribution in [3.8, 4) is 0 Å². The number of halogens is 2. The molecule has 0 spiro atoms. The number of nitrogens with zero attached hydrogens (tertiary/aromatic N) is 3. The second-order valence-corrected chi connectivity index (χ2v) is 9.10. The standard InChI is InChI=1S/C24H33ClFN3O4/c1-33-17-19-7-11-27(16-22(19)30)9-2-10-28-13-14-29(12-8-24(28)32)23(31)6-4-18-3-5-21(26)20(25)15-18/h3-6,15,19,22,30H,2,7-14,16-17H2,1H3/b6-4+/t19-,22-/m1/s1. The van der Waals surface area contributed by atoms with E-state index in [1.807, 2.05) is 4.90 Å². The molecule has 9 heteroatoms. The molecule has 0 bridgehead atoms. The third-order valence-corrected chi connectivity index (χ3v) is 6.64. The predicted molar refractivity (Wildman–Crippen MR) is 125 cm³/mol. The summed E-state index contributed by atoms with van der Waals surface area (Å²) in [6.45, 7) is 4.95. The van der Waals surface area contributed by atoms with E-state index in [2.05, 4.69) is 4.90 Å². The summed E-state index contributed by atoms with van der Waals surface area (Å²) in [5.74, 6) is -0.439. The van der Waals surface area contributed by atoms with E-state index in [9.17, 15) is 19.1 Å². The number of hydrogen-bond acceptors (Lipinski definition) is 5. The van der Waals surface area contributed by atoms with Crippen molar-refractivity contribution in [2.45, 2.75) is 25.4 Å². The zero-order chi connectivity index (χ0) is 23.8. The van der Waals surface area contributed by atoms with Crippen molar-refractivity contribution in [1.82, 2.24) is 14.7 Å². The normalized spacial score (nSPS) is 22.7. The number of aliphatic hydroxyl groups is 1. The van der Waals surface area contributed by atoms with Crippen LogP contribution in [0.1, 0.15) is 24.8 Å². The molecule has 2 atom stereocenters. The number of carbonyl (C=O) groups excluding carboxylic acids is 2. The van der Waals surface area contributed by atoms with E-state index in [1.165, 1.54) is 18.2 Å². The number of β-amino-alcohol motifs (C(OH)–C–C–N with tert-alkyl or cyclic N) is 1. The third kappa shape index (κ3) is 7.50. The van der Waals surface area contributed by atoms with Gasteiger partial charge < -0.3 is 24.5 Å². The molecule has 0 aromatic heterocycles. The van der Waals surface area contributed by atoms with Crippen LogP contribution in [-0.4, -0.2) is 97.3 Å². The molecule has 0 radical (unpaired) electrons. The fourth-order valence-corrected chi connectivity index (χ4v) is 4.54. The lowest BCUT2D eigenvalue weighted by Gasteiger charge is -2.36. The Morgan fingerprint density at radius 1 is 1.27 bits per heavy atom. The monoisotopic (exact) mass is 481 g/mol. The van der Waals surface area contributed by atoms with Gasteiger partial charge in [-0.2, -0.15) is 0 Å². The van der Waals surface area contributed by atoms with Gasteiger partial charge in [-0.05, 0) is 49.7 Å². The van der Waals surface area contributed by atoms with Crippen LogP contribution in [0.2, 0.25) is 5.02 Å². The minimum atomic E-state index is -0.502. The molecule has 1 N–H and O–H groups in total. The molecule has 2 heterocycles. The second kappa shape index (κ2) is 12.5. The number of likely N-dealkylation sites (tertiary alicyclic amines) is 1. The summed E-state index contributed by atoms with van der Waals surface area (Å²) in [7, 11) is 1.66. The Bertz CT molecular complexity index is 853. The van der Waals surface area contributed by atoms with Gasteiger partial charge in [-0.25, -0.2) is 4.39 Å². The maximum absolute atomic E-state index is 13.3. The number of hydrogen-bond donors (Lipinski definition) is 1. The molecule has 33 heavy (non-hydrogen) atoms. The molecule has 1 aromatic rings. The smallest absolute Gasteiger partial charge is 0.246 e. The molecule has 2 aliphatic rings. The van der Waals surface area contributed by atoms with Gasteiger partial charge in [0.2, 0.25) is 11.8 Å². The summed E-state index contributed by atoms with van der Waals surface area (Å²) in [5.41, 5.74) is 0.638. The zero-order valence-electron chi connectivity index (χ0n) is 19.1. The van der Waals surface area contributed by atoms with Crippen molar-refractivity contribution in [1.29, 1.82) is 0 Å². The summed E-state index contributed by atoms with van der Waals surface area (Å²) >= 11 is 5.78. The number of aliphatic hydroxyl groups excluding tert-OH is 1. The molecule has 1 aromatic carbocycles. The number of amides is 2. The maximum Gasteiger partial charge on any atom is 0.246 e. The number of piperidine rings is 1. The van der Waals surface area contributed by atoms with E-state index < -0.39 is 5.82 Å². The number of methoxy groups -OCH3 is 1. The Hall–Kier alpha value is -2.00. The summed E-state index contributed by atoms with van der Waals surface area (Å²) in [6.07, 6.45) is 4.68. The highest BCUT2D eigenvalue weighted by molar-refractivity contribution is 6.30. The van der Waals surface area contributed by atoms with Crippen molar-refractivity contribution < 1.29 is 23.8 Å². The molecule has 2 fully saturated rings. The van der Waals surface area contributed by atoms with Crippen molar-refractivity contribution in [2.75, 3.05) is 59.5 Å². The van der Waals surface area contributed by atoms with E-state index in [4.69, 9.17) is 16.3 Å². The van der Waals surface area contributed by atoms with E-state index in [-0.39, 0.29) is 28.9 Å². The van der Waals surface area contributed by atoms with Gasteiger partial charge in [-0.3, -0.25) is 9.59 Å². The van der Waals surface area contributed by atoms with Gasteiger partial charge in [0.25, 0.3) is 0 Å². The Morgan fingerprint density at radius 3 is 2.82 bits per heavy atom. The van der Waals surface area contributed by atoms with Gasteiger partial charge in [0.15, 0.2) is 0 Å². The fourth-order valence-electron chi connectivity index (χ4n) is 4.35. The number of carbonyl (C=O) groups is 2. The Labute approximate surface area is 199 Å². The first-order valence-corrected chi connectivity index (χ1v) is 11.8. The van der Waals surface area contributed by atoms with E-state index in [1.54, 1.807) is 24.2 Å². The molecule has 0 saturated carbocycles. The molecule has 0 aliphatic carbocycles. The number of benzene rings is 1. The van der Waals surface area contributed by atoms with Gasteiger partial charge in [0.1, 0.15) is 5.82 Å². The summed E-state index contributed by atoms with van der Waals surface area (Å²) in [5, 5.41) is 10.3. The van der Waals surface area contributed by atoms with E-state index in [0.29, 0.717) is 51.3 Å². The van der Waals surface area contributed by atoms with Crippen LogP contribution in [0.3, 0.4) is 0 Å². The topological polar surface area (TPSA) is 73.3 Å². The van der Waals surface area contributed by atoms with Gasteiger partial charge in [0, 0.05) is 58.2 Å². The molecule has 7 nitrogen and oxygen atoms in total. The van der Waals surface area contributed by atoms with Crippen LogP contribution >= 0.6 is 11.6 Å². The van der Waals surface area contributed by atoms with Gasteiger partial charge in [-0.15, -0.1) is 0 Å². The van der Waals surface area contributed by atoms with Crippen molar-refractivity contribution in [3.63, 3.8) is 0 Å². The first kappa shape index (κ1) is 25.6. The molecule has 3 rings (SSSR count). The fraction of sp³-hybridized carbons (Fsp3) is 0.583. The molecular weight excluding hydrogens is 449 g/mol. The minimum Gasteiger partial charge on any atom is -0.391 e. The Kier molecular flexibility index (Phi) is 9.67. The van der Waals surface area contributed by atoms with Gasteiger partial charge in [-0.1, -0.05) is 17.7 Å². The zero-order valence-corrected chi connectivity index (χ0v) is 19.8. The first-order valence-electron chi connectivity index (χ1n) is 11.5. The number of ether oxygens (including phenoxy) is 1. The Morgan fingerprint density at radius 2 is 2.09 bits per heavy atom. The Balaban J connectivity index is 1.43. The minimum absolute atomic E-state index is 0.00877. The quantitative estimate of drug-likeness (QED) is 0.577. The molecule has 2 saturated heterocycles. The van der Waals surface area contributed by atoms with Crippen molar-refractivity contribution in [3.05, 3.63) is 40.7 Å². The second-order valence-electron chi connectivity index (χ2n) is 8.69. The lowest BCUT2D eigenvalue weighted by molar-refractivity contribution is -0.130. The highest BCUT2D eigenvalue weighted by Crippen LogP contribution is 2.19. The van der Waals surface area contributed by atoms with Gasteiger partial charge in [0.05, 0.1) is 17.7 Å². The number of rotatable bonds is 8. The van der Waals surface area contributed by atoms with Crippen LogP contribution in [0.15, 0.2) is 24.3 Å². The van der Waals surface area contributed by atoms with Crippen LogP contribution in [0.25, 0.3) is 6.08 Å². The lowest BCUT2D eigenvalue weighted by Crippen LogP contribution is -2.46.